The van der Waals surface area contributed by atoms with Crippen molar-refractivity contribution in [3.05, 3.63) is 71.8 Å². The molecule has 1 atom stereocenters. The van der Waals surface area contributed by atoms with E-state index in [1.807, 2.05) is 60.7 Å². The predicted molar refractivity (Wildman–Crippen MR) is 87.6 cm³/mol. The molecular weight excluding hydrogens is 292 g/mol. The summed E-state index contributed by atoms with van der Waals surface area (Å²) < 4.78 is 5.15. The van der Waals surface area contributed by atoms with Crippen LogP contribution in [-0.4, -0.2) is 18.5 Å². The van der Waals surface area contributed by atoms with Crippen LogP contribution in [0.1, 0.15) is 23.5 Å². The molecule has 0 aliphatic rings. The Bertz CT molecular complexity index is 629. The van der Waals surface area contributed by atoms with Gasteiger partial charge in [0.05, 0.1) is 0 Å². The number of alkyl carbamates (subject to hydrolysis) is 1. The maximum absolute atomic E-state index is 11.8. The molecule has 0 aromatic heterocycles. The largest absolute Gasteiger partial charge is 0.445 e. The summed E-state index contributed by atoms with van der Waals surface area (Å²) in [5, 5.41) is 2.69. The zero-order valence-electron chi connectivity index (χ0n) is 12.8. The van der Waals surface area contributed by atoms with E-state index in [1.165, 1.54) is 0 Å². The summed E-state index contributed by atoms with van der Waals surface area (Å²) in [6, 6.07) is 18.9. The molecule has 0 spiro atoms. The summed E-state index contributed by atoms with van der Waals surface area (Å²) in [4.78, 5) is 23.0. The smallest absolute Gasteiger partial charge is 0.407 e. The van der Waals surface area contributed by atoms with Crippen LogP contribution in [0.3, 0.4) is 0 Å². The Labute approximate surface area is 135 Å². The quantitative estimate of drug-likeness (QED) is 0.824. The topological polar surface area (TPSA) is 81.4 Å². The molecule has 0 radical (unpaired) electrons. The Morgan fingerprint density at radius 3 is 2.22 bits per heavy atom. The minimum absolute atomic E-state index is 0.169. The highest BCUT2D eigenvalue weighted by Crippen LogP contribution is 2.18. The van der Waals surface area contributed by atoms with Crippen LogP contribution in [0.2, 0.25) is 0 Å². The third-order valence-electron chi connectivity index (χ3n) is 3.42. The van der Waals surface area contributed by atoms with Crippen molar-refractivity contribution in [1.29, 1.82) is 0 Å². The number of carbonyl (C=O) groups excluding carboxylic acids is 2. The molecule has 0 aliphatic heterocycles. The highest BCUT2D eigenvalue weighted by molar-refractivity contribution is 5.75. The zero-order chi connectivity index (χ0) is 16.5. The lowest BCUT2D eigenvalue weighted by Gasteiger charge is -2.16. The Morgan fingerprint density at radius 1 is 1.00 bits per heavy atom. The van der Waals surface area contributed by atoms with Gasteiger partial charge in [-0.1, -0.05) is 60.7 Å². The van der Waals surface area contributed by atoms with Crippen molar-refractivity contribution < 1.29 is 14.3 Å². The van der Waals surface area contributed by atoms with Gasteiger partial charge in [0.1, 0.15) is 6.61 Å². The van der Waals surface area contributed by atoms with Crippen molar-refractivity contribution in [2.45, 2.75) is 18.9 Å². The number of nitrogens with two attached hydrogens (primary N) is 1. The second-order valence-corrected chi connectivity index (χ2v) is 5.22. The van der Waals surface area contributed by atoms with Crippen molar-refractivity contribution in [2.75, 3.05) is 6.54 Å². The normalized spacial score (nSPS) is 11.5. The molecule has 2 rings (SSSR count). The second kappa shape index (κ2) is 8.58. The van der Waals surface area contributed by atoms with E-state index in [4.69, 9.17) is 10.5 Å². The van der Waals surface area contributed by atoms with Gasteiger partial charge in [-0.2, -0.15) is 0 Å². The van der Waals surface area contributed by atoms with Crippen LogP contribution in [0, 0.1) is 0 Å². The van der Waals surface area contributed by atoms with Crippen LogP contribution in [-0.2, 0) is 16.1 Å². The molecule has 2 aromatic carbocycles. The molecule has 2 amide bonds. The molecule has 5 heteroatoms. The van der Waals surface area contributed by atoms with E-state index < -0.39 is 12.0 Å². The number of carbonyl (C=O) groups is 2. The third kappa shape index (κ3) is 5.82. The fraction of sp³-hybridized carbons (Fsp3) is 0.222. The molecule has 2 aromatic rings. The SMILES string of the molecule is NC(=O)CC(CNC(=O)OCc1ccccc1)c1ccccc1. The number of hydrogen-bond acceptors (Lipinski definition) is 3. The summed E-state index contributed by atoms with van der Waals surface area (Å²) >= 11 is 0. The molecule has 5 nitrogen and oxygen atoms in total. The van der Waals surface area contributed by atoms with Gasteiger partial charge in [-0.05, 0) is 11.1 Å². The summed E-state index contributed by atoms with van der Waals surface area (Å²) in [6.45, 7) is 0.499. The number of hydrogen-bond donors (Lipinski definition) is 2. The van der Waals surface area contributed by atoms with E-state index in [0.717, 1.165) is 11.1 Å². The number of rotatable bonds is 7. The maximum Gasteiger partial charge on any atom is 0.407 e. The summed E-state index contributed by atoms with van der Waals surface area (Å²) in [6.07, 6.45) is -0.345. The number of benzene rings is 2. The van der Waals surface area contributed by atoms with Gasteiger partial charge in [-0.25, -0.2) is 4.79 Å². The van der Waals surface area contributed by atoms with Crippen LogP contribution < -0.4 is 11.1 Å². The summed E-state index contributed by atoms with van der Waals surface area (Å²) in [5.74, 6) is -0.573. The molecule has 1 unspecified atom stereocenters. The monoisotopic (exact) mass is 312 g/mol. The van der Waals surface area contributed by atoms with Crippen LogP contribution in [0.15, 0.2) is 60.7 Å². The Kier molecular flexibility index (Phi) is 6.17. The first-order chi connectivity index (χ1) is 11.1. The standard InChI is InChI=1S/C18H20N2O3/c19-17(21)11-16(15-9-5-2-6-10-15)12-20-18(22)23-13-14-7-3-1-4-8-14/h1-10,16H,11-13H2,(H2,19,21)(H,20,22). The first-order valence-electron chi connectivity index (χ1n) is 7.43. The van der Waals surface area contributed by atoms with Gasteiger partial charge < -0.3 is 15.8 Å². The maximum atomic E-state index is 11.8. The van der Waals surface area contributed by atoms with E-state index in [2.05, 4.69) is 5.32 Å². The Morgan fingerprint density at radius 2 is 1.61 bits per heavy atom. The van der Waals surface area contributed by atoms with Crippen LogP contribution in [0.5, 0.6) is 0 Å². The molecule has 0 saturated carbocycles. The average molecular weight is 312 g/mol. The highest BCUT2D eigenvalue weighted by Gasteiger charge is 2.16. The molecule has 23 heavy (non-hydrogen) atoms. The average Bonchev–Trinajstić information content (AvgIpc) is 2.58. The minimum atomic E-state index is -0.515. The van der Waals surface area contributed by atoms with Crippen molar-refractivity contribution in [3.63, 3.8) is 0 Å². The van der Waals surface area contributed by atoms with E-state index in [1.54, 1.807) is 0 Å². The fourth-order valence-electron chi connectivity index (χ4n) is 2.26. The highest BCUT2D eigenvalue weighted by atomic mass is 16.5. The van der Waals surface area contributed by atoms with Gasteiger partial charge in [0.15, 0.2) is 0 Å². The van der Waals surface area contributed by atoms with Crippen molar-refractivity contribution in [3.8, 4) is 0 Å². The molecule has 0 bridgehead atoms. The molecule has 3 N–H and O–H groups in total. The lowest BCUT2D eigenvalue weighted by molar-refractivity contribution is -0.118. The molecule has 120 valence electrons. The number of amides is 2. The zero-order valence-corrected chi connectivity index (χ0v) is 12.8. The lowest BCUT2D eigenvalue weighted by atomic mass is 9.95. The molecule has 0 aliphatic carbocycles. The van der Waals surface area contributed by atoms with Gasteiger partial charge >= 0.3 is 6.09 Å². The van der Waals surface area contributed by atoms with Crippen molar-refractivity contribution >= 4 is 12.0 Å². The summed E-state index contributed by atoms with van der Waals surface area (Å²) in [7, 11) is 0. The minimum Gasteiger partial charge on any atom is -0.445 e. The van der Waals surface area contributed by atoms with Crippen molar-refractivity contribution in [2.24, 2.45) is 5.73 Å². The van der Waals surface area contributed by atoms with Gasteiger partial charge in [-0.3, -0.25) is 4.79 Å². The van der Waals surface area contributed by atoms with E-state index >= 15 is 0 Å². The molecule has 0 fully saturated rings. The van der Waals surface area contributed by atoms with E-state index in [0.29, 0.717) is 6.54 Å². The van der Waals surface area contributed by atoms with E-state index in [9.17, 15) is 9.59 Å². The van der Waals surface area contributed by atoms with Gasteiger partial charge in [0, 0.05) is 18.9 Å². The first-order valence-corrected chi connectivity index (χ1v) is 7.43. The Hall–Kier alpha value is -2.82. The second-order valence-electron chi connectivity index (χ2n) is 5.22. The van der Waals surface area contributed by atoms with Crippen LogP contribution in [0.25, 0.3) is 0 Å². The van der Waals surface area contributed by atoms with Crippen LogP contribution in [0.4, 0.5) is 4.79 Å². The third-order valence-corrected chi connectivity index (χ3v) is 3.42. The molecular formula is C18H20N2O3. The van der Waals surface area contributed by atoms with Crippen molar-refractivity contribution in [1.82, 2.24) is 5.32 Å². The van der Waals surface area contributed by atoms with Gasteiger partial charge in [0.2, 0.25) is 5.91 Å². The lowest BCUT2D eigenvalue weighted by Crippen LogP contribution is -2.30. The van der Waals surface area contributed by atoms with E-state index in [-0.39, 0.29) is 18.9 Å². The summed E-state index contributed by atoms with van der Waals surface area (Å²) in [5.41, 5.74) is 7.16. The molecule has 0 saturated heterocycles. The number of nitrogens with one attached hydrogen (secondary N) is 1. The van der Waals surface area contributed by atoms with Gasteiger partial charge in [-0.15, -0.1) is 0 Å². The van der Waals surface area contributed by atoms with Gasteiger partial charge in [0.25, 0.3) is 0 Å². The predicted octanol–water partition coefficient (Wildman–Crippen LogP) is 2.57. The number of ether oxygens (including phenoxy) is 1. The first kappa shape index (κ1) is 16.5. The Balaban J connectivity index is 1.85. The number of primary amides is 1. The molecule has 0 heterocycles. The van der Waals surface area contributed by atoms with Crippen LogP contribution >= 0.6 is 0 Å². The fourth-order valence-corrected chi connectivity index (χ4v) is 2.26.